The number of hydrogen-bond donors (Lipinski definition) is 3. The average Bonchev–Trinajstić information content (AvgIpc) is 3.42. The molecule has 0 spiro atoms. The monoisotopic (exact) mass is 390 g/mol. The van der Waals surface area contributed by atoms with Crippen molar-refractivity contribution >= 4 is 29.1 Å². The minimum Gasteiger partial charge on any atom is -0.349 e. The Hall–Kier alpha value is -2.44. The van der Waals surface area contributed by atoms with Crippen molar-refractivity contribution in [2.75, 3.05) is 18.9 Å². The summed E-state index contributed by atoms with van der Waals surface area (Å²) in [5.74, 6) is -0.830. The highest BCUT2D eigenvalue weighted by atomic mass is 35.5. The Labute approximate surface area is 162 Å². The number of para-hydroxylation sites is 1. The van der Waals surface area contributed by atoms with Crippen molar-refractivity contribution < 1.29 is 18.9 Å². The van der Waals surface area contributed by atoms with Crippen LogP contribution in [0.2, 0.25) is 5.02 Å². The summed E-state index contributed by atoms with van der Waals surface area (Å²) in [6.45, 7) is 0.395. The second-order valence-corrected chi connectivity index (χ2v) is 7.26. The molecule has 1 aliphatic rings. The first-order valence-corrected chi connectivity index (χ1v) is 9.25. The van der Waals surface area contributed by atoms with E-state index in [9.17, 15) is 14.0 Å². The Balaban J connectivity index is 1.61. The number of halogens is 2. The lowest BCUT2D eigenvalue weighted by atomic mass is 10.1. The summed E-state index contributed by atoms with van der Waals surface area (Å²) < 4.78 is 13.9. The number of hydrogen-bond acceptors (Lipinski definition) is 2. The molecule has 0 aliphatic heterocycles. The molecule has 142 valence electrons. The second-order valence-electron chi connectivity index (χ2n) is 6.85. The lowest BCUT2D eigenvalue weighted by molar-refractivity contribution is -0.885. The van der Waals surface area contributed by atoms with Crippen molar-refractivity contribution in [2.24, 2.45) is 0 Å². The third kappa shape index (κ3) is 5.28. The molecule has 2 aromatic carbocycles. The molecule has 7 heteroatoms. The Bertz CT molecular complexity index is 835. The highest BCUT2D eigenvalue weighted by molar-refractivity contribution is 6.31. The predicted octanol–water partition coefficient (Wildman–Crippen LogP) is 2.02. The molecule has 1 aliphatic carbocycles. The smallest absolute Gasteiger partial charge is 0.279 e. The zero-order chi connectivity index (χ0) is 19.4. The first-order chi connectivity index (χ1) is 12.9. The second kappa shape index (κ2) is 8.50. The van der Waals surface area contributed by atoms with E-state index in [1.165, 1.54) is 6.07 Å². The fourth-order valence-electron chi connectivity index (χ4n) is 2.81. The summed E-state index contributed by atoms with van der Waals surface area (Å²) >= 11 is 6.04. The number of rotatable bonds is 7. The molecular weight excluding hydrogens is 369 g/mol. The fraction of sp³-hybridized carbons (Fsp3) is 0.300. The normalized spacial score (nSPS) is 14.5. The maximum atomic E-state index is 13.9. The highest BCUT2D eigenvalue weighted by Gasteiger charge is 2.25. The number of carbonyl (C=O) groups excluding carboxylic acids is 2. The van der Waals surface area contributed by atoms with E-state index < -0.39 is 0 Å². The van der Waals surface area contributed by atoms with Crippen LogP contribution in [-0.2, 0) is 11.3 Å². The third-order valence-electron chi connectivity index (χ3n) is 4.36. The van der Waals surface area contributed by atoms with Crippen LogP contribution in [0.15, 0.2) is 42.5 Å². The molecule has 5 nitrogen and oxygen atoms in total. The Kier molecular flexibility index (Phi) is 6.08. The average molecular weight is 391 g/mol. The van der Waals surface area contributed by atoms with Crippen LogP contribution >= 0.6 is 11.6 Å². The van der Waals surface area contributed by atoms with Crippen molar-refractivity contribution in [3.8, 4) is 0 Å². The van der Waals surface area contributed by atoms with Gasteiger partial charge in [-0.1, -0.05) is 29.8 Å². The van der Waals surface area contributed by atoms with E-state index in [0.29, 0.717) is 21.8 Å². The van der Waals surface area contributed by atoms with Crippen LogP contribution in [0.5, 0.6) is 0 Å². The van der Waals surface area contributed by atoms with Gasteiger partial charge in [-0.3, -0.25) is 9.59 Å². The van der Waals surface area contributed by atoms with Gasteiger partial charge in [0.1, 0.15) is 12.4 Å². The molecule has 1 fully saturated rings. The lowest BCUT2D eigenvalue weighted by Gasteiger charge is -2.16. The first-order valence-electron chi connectivity index (χ1n) is 8.88. The molecule has 0 radical (unpaired) electrons. The molecule has 1 unspecified atom stereocenters. The maximum Gasteiger partial charge on any atom is 0.279 e. The van der Waals surface area contributed by atoms with Crippen LogP contribution in [0.1, 0.15) is 28.8 Å². The quantitative estimate of drug-likeness (QED) is 0.677. The molecule has 0 saturated heterocycles. The van der Waals surface area contributed by atoms with E-state index >= 15 is 0 Å². The first kappa shape index (κ1) is 19.3. The molecule has 1 atom stereocenters. The van der Waals surface area contributed by atoms with E-state index in [4.69, 9.17) is 11.6 Å². The van der Waals surface area contributed by atoms with Crippen LogP contribution in [0.25, 0.3) is 0 Å². The molecule has 27 heavy (non-hydrogen) atoms. The van der Waals surface area contributed by atoms with Gasteiger partial charge in [0.05, 0.1) is 28.9 Å². The van der Waals surface area contributed by atoms with Crippen molar-refractivity contribution in [3.63, 3.8) is 0 Å². The third-order valence-corrected chi connectivity index (χ3v) is 4.72. The van der Waals surface area contributed by atoms with Gasteiger partial charge in [0, 0.05) is 6.04 Å². The summed E-state index contributed by atoms with van der Waals surface area (Å²) in [6, 6.07) is 11.7. The number of carbonyl (C=O) groups is 2. The minimum atomic E-state index is -0.385. The zero-order valence-corrected chi connectivity index (χ0v) is 15.8. The molecule has 3 rings (SSSR count). The van der Waals surface area contributed by atoms with Crippen molar-refractivity contribution in [3.05, 3.63) is 64.4 Å². The topological polar surface area (TPSA) is 62.6 Å². The SMILES string of the molecule is C[NH+](CC(=O)Nc1ccccc1C(=O)NC1CC1)Cc1c(F)cccc1Cl. The van der Waals surface area contributed by atoms with Gasteiger partial charge in [-0.25, -0.2) is 4.39 Å². The predicted molar refractivity (Wildman–Crippen MR) is 102 cm³/mol. The number of amides is 2. The Morgan fingerprint density at radius 1 is 1.19 bits per heavy atom. The summed E-state index contributed by atoms with van der Waals surface area (Å²) in [4.78, 5) is 25.5. The summed E-state index contributed by atoms with van der Waals surface area (Å²) in [5, 5.41) is 6.05. The van der Waals surface area contributed by atoms with Gasteiger partial charge in [-0.05, 0) is 37.1 Å². The Morgan fingerprint density at radius 2 is 1.93 bits per heavy atom. The fourth-order valence-corrected chi connectivity index (χ4v) is 3.04. The van der Waals surface area contributed by atoms with Gasteiger partial charge in [0.25, 0.3) is 11.8 Å². The molecule has 0 aromatic heterocycles. The van der Waals surface area contributed by atoms with E-state index in [1.807, 2.05) is 0 Å². The van der Waals surface area contributed by atoms with Crippen LogP contribution in [0.4, 0.5) is 10.1 Å². The van der Waals surface area contributed by atoms with E-state index in [0.717, 1.165) is 17.7 Å². The van der Waals surface area contributed by atoms with Crippen LogP contribution in [0.3, 0.4) is 0 Å². The largest absolute Gasteiger partial charge is 0.349 e. The van der Waals surface area contributed by atoms with Crippen molar-refractivity contribution in [1.29, 1.82) is 0 Å². The van der Waals surface area contributed by atoms with Gasteiger partial charge in [0.2, 0.25) is 0 Å². The zero-order valence-electron chi connectivity index (χ0n) is 15.0. The van der Waals surface area contributed by atoms with Crippen molar-refractivity contribution in [2.45, 2.75) is 25.4 Å². The molecule has 0 heterocycles. The van der Waals surface area contributed by atoms with Crippen molar-refractivity contribution in [1.82, 2.24) is 5.32 Å². The Morgan fingerprint density at radius 3 is 2.63 bits per heavy atom. The molecule has 3 N–H and O–H groups in total. The van der Waals surface area contributed by atoms with Gasteiger partial charge in [-0.15, -0.1) is 0 Å². The van der Waals surface area contributed by atoms with Gasteiger partial charge in [0.15, 0.2) is 6.54 Å². The molecular formula is C20H22ClFN3O2+. The number of anilines is 1. The minimum absolute atomic E-state index is 0.114. The van der Waals surface area contributed by atoms with Gasteiger partial charge >= 0.3 is 0 Å². The van der Waals surface area contributed by atoms with Crippen LogP contribution in [0, 0.1) is 5.82 Å². The number of quaternary nitrogens is 1. The van der Waals surface area contributed by atoms with E-state index in [1.54, 1.807) is 43.4 Å². The molecule has 2 amide bonds. The molecule has 0 bridgehead atoms. The van der Waals surface area contributed by atoms with Crippen LogP contribution in [-0.4, -0.2) is 31.4 Å². The summed E-state index contributed by atoms with van der Waals surface area (Å²) in [7, 11) is 1.79. The van der Waals surface area contributed by atoms with E-state index in [-0.39, 0.29) is 36.8 Å². The van der Waals surface area contributed by atoms with Crippen LogP contribution < -0.4 is 15.5 Å². The molecule has 1 saturated carbocycles. The van der Waals surface area contributed by atoms with E-state index in [2.05, 4.69) is 10.6 Å². The highest BCUT2D eigenvalue weighted by Crippen LogP contribution is 2.21. The molecule has 2 aromatic rings. The lowest BCUT2D eigenvalue weighted by Crippen LogP contribution is -3.08. The number of likely N-dealkylation sites (N-methyl/N-ethyl adjacent to an activating group) is 1. The number of benzene rings is 2. The summed E-state index contributed by atoms with van der Waals surface area (Å²) in [5.41, 5.74) is 1.29. The number of nitrogens with one attached hydrogen (secondary N) is 3. The standard InChI is InChI=1S/C20H21ClFN3O2/c1-25(11-15-16(21)6-4-7-17(15)22)12-19(26)24-18-8-3-2-5-14(18)20(27)23-13-9-10-13/h2-8,13H,9-12H2,1H3,(H,23,27)(H,24,26)/p+1. The summed E-state index contributed by atoms with van der Waals surface area (Å²) in [6.07, 6.45) is 1.99. The van der Waals surface area contributed by atoms with Gasteiger partial charge < -0.3 is 15.5 Å². The maximum absolute atomic E-state index is 13.9. The van der Waals surface area contributed by atoms with Gasteiger partial charge in [-0.2, -0.15) is 0 Å².